The topological polar surface area (TPSA) is 39.6 Å². The van der Waals surface area contributed by atoms with E-state index in [1.807, 2.05) is 31.3 Å². The molecule has 0 bridgehead atoms. The summed E-state index contributed by atoms with van der Waals surface area (Å²) >= 11 is 6.41. The van der Waals surface area contributed by atoms with Crippen LogP contribution in [0.4, 0.5) is 0 Å². The molecule has 22 heavy (non-hydrogen) atoms. The number of aliphatic hydroxyl groups excluding tert-OH is 1. The van der Waals surface area contributed by atoms with Crippen LogP contribution in [-0.4, -0.2) is 58.7 Å². The highest BCUT2D eigenvalue weighted by molar-refractivity contribution is 6.32. The van der Waals surface area contributed by atoms with Gasteiger partial charge in [0.2, 0.25) is 0 Å². The highest BCUT2D eigenvalue weighted by Crippen LogP contribution is 2.26. The Hall–Kier alpha value is -1.20. The van der Waals surface area contributed by atoms with Crippen LogP contribution in [0.25, 0.3) is 10.9 Å². The van der Waals surface area contributed by atoms with E-state index in [1.165, 1.54) is 0 Å². The van der Waals surface area contributed by atoms with E-state index in [0.717, 1.165) is 60.8 Å². The molecule has 0 saturated carbocycles. The number of piperazine rings is 1. The van der Waals surface area contributed by atoms with E-state index in [0.29, 0.717) is 0 Å². The summed E-state index contributed by atoms with van der Waals surface area (Å²) in [6.45, 7) is 7.38. The van der Waals surface area contributed by atoms with Gasteiger partial charge in [0.05, 0.1) is 11.6 Å². The summed E-state index contributed by atoms with van der Waals surface area (Å²) in [6, 6.07) is 8.01. The lowest BCUT2D eigenvalue weighted by Gasteiger charge is -2.35. The quantitative estimate of drug-likeness (QED) is 0.939. The molecule has 1 aromatic heterocycles. The Labute approximate surface area is 136 Å². The molecule has 2 aromatic rings. The van der Waals surface area contributed by atoms with Crippen LogP contribution in [0.2, 0.25) is 5.02 Å². The lowest BCUT2D eigenvalue weighted by molar-refractivity contribution is 0.0782. The third-order valence-corrected chi connectivity index (χ3v) is 4.55. The Bertz CT molecular complexity index is 639. The smallest absolute Gasteiger partial charge is 0.0761 e. The molecule has 0 unspecified atom stereocenters. The van der Waals surface area contributed by atoms with Crippen LogP contribution < -0.4 is 0 Å². The predicted octanol–water partition coefficient (Wildman–Crippen LogP) is 2.39. The number of hydrogen-bond donors (Lipinski definition) is 1. The summed E-state index contributed by atoms with van der Waals surface area (Å²) in [5.41, 5.74) is 2.12. The molecule has 0 aliphatic carbocycles. The van der Waals surface area contributed by atoms with Crippen LogP contribution in [0.3, 0.4) is 0 Å². The molecular weight excluding hydrogens is 298 g/mol. The van der Waals surface area contributed by atoms with E-state index < -0.39 is 0 Å². The first-order valence-corrected chi connectivity index (χ1v) is 8.16. The number of benzene rings is 1. The van der Waals surface area contributed by atoms with E-state index in [4.69, 9.17) is 11.6 Å². The van der Waals surface area contributed by atoms with E-state index in [9.17, 15) is 5.11 Å². The van der Waals surface area contributed by atoms with Crippen LogP contribution in [0.5, 0.6) is 0 Å². The second-order valence-electron chi connectivity index (χ2n) is 6.03. The van der Waals surface area contributed by atoms with E-state index >= 15 is 0 Å². The van der Waals surface area contributed by atoms with Crippen molar-refractivity contribution in [2.45, 2.75) is 19.6 Å². The normalized spacial score (nSPS) is 18.7. The number of nitrogens with zero attached hydrogens (tertiary/aromatic N) is 3. The van der Waals surface area contributed by atoms with Gasteiger partial charge in [-0.25, -0.2) is 0 Å². The summed E-state index contributed by atoms with van der Waals surface area (Å²) in [4.78, 5) is 9.23. The molecular formula is C17H22ClN3O. The van der Waals surface area contributed by atoms with Gasteiger partial charge < -0.3 is 5.11 Å². The van der Waals surface area contributed by atoms with Crippen molar-refractivity contribution in [3.63, 3.8) is 0 Å². The molecule has 1 fully saturated rings. The Kier molecular flexibility index (Phi) is 4.93. The summed E-state index contributed by atoms with van der Waals surface area (Å²) in [7, 11) is 0. The van der Waals surface area contributed by atoms with Gasteiger partial charge in [-0.05, 0) is 19.1 Å². The first kappa shape index (κ1) is 15.7. The molecule has 1 N–H and O–H groups in total. The average Bonchev–Trinajstić information content (AvgIpc) is 2.51. The highest BCUT2D eigenvalue weighted by Gasteiger charge is 2.19. The number of hydrogen-bond acceptors (Lipinski definition) is 4. The molecule has 1 aliphatic rings. The highest BCUT2D eigenvalue weighted by atomic mass is 35.5. The van der Waals surface area contributed by atoms with Crippen molar-refractivity contribution < 1.29 is 5.11 Å². The van der Waals surface area contributed by atoms with E-state index in [1.54, 1.807) is 0 Å². The van der Waals surface area contributed by atoms with Crippen molar-refractivity contribution in [3.8, 4) is 0 Å². The fourth-order valence-electron chi connectivity index (χ4n) is 3.06. The fraction of sp³-hybridized carbons (Fsp3) is 0.471. The lowest BCUT2D eigenvalue weighted by Crippen LogP contribution is -2.47. The monoisotopic (exact) mass is 319 g/mol. The van der Waals surface area contributed by atoms with Gasteiger partial charge in [0, 0.05) is 61.4 Å². The molecule has 118 valence electrons. The van der Waals surface area contributed by atoms with Crippen molar-refractivity contribution in [1.29, 1.82) is 0 Å². The molecule has 1 aliphatic heterocycles. The van der Waals surface area contributed by atoms with Crippen LogP contribution >= 0.6 is 11.6 Å². The molecule has 1 aromatic carbocycles. The van der Waals surface area contributed by atoms with Crippen LogP contribution in [-0.2, 0) is 6.54 Å². The zero-order valence-corrected chi connectivity index (χ0v) is 13.6. The zero-order valence-electron chi connectivity index (χ0n) is 12.9. The molecule has 1 saturated heterocycles. The van der Waals surface area contributed by atoms with Crippen molar-refractivity contribution in [3.05, 3.63) is 41.0 Å². The first-order valence-electron chi connectivity index (χ1n) is 7.78. The third kappa shape index (κ3) is 3.58. The first-order chi connectivity index (χ1) is 10.6. The minimum absolute atomic E-state index is 0.261. The van der Waals surface area contributed by atoms with Gasteiger partial charge in [-0.1, -0.05) is 23.7 Å². The standard InChI is InChI=1S/C17H22ClN3O/c1-13(22)11-20-7-9-21(10-8-20)12-15-16(18)5-4-14-3-2-6-19-17(14)15/h2-6,13,22H,7-12H2,1H3/t13-/m0/s1. The van der Waals surface area contributed by atoms with Crippen molar-refractivity contribution in [2.24, 2.45) is 0 Å². The fourth-order valence-corrected chi connectivity index (χ4v) is 3.27. The second-order valence-corrected chi connectivity index (χ2v) is 6.43. The average molecular weight is 320 g/mol. The molecule has 0 radical (unpaired) electrons. The van der Waals surface area contributed by atoms with Gasteiger partial charge >= 0.3 is 0 Å². The molecule has 4 nitrogen and oxygen atoms in total. The maximum atomic E-state index is 9.48. The van der Waals surface area contributed by atoms with Crippen LogP contribution in [0, 0.1) is 0 Å². The van der Waals surface area contributed by atoms with Gasteiger partial charge in [-0.3, -0.25) is 14.8 Å². The summed E-state index contributed by atoms with van der Waals surface area (Å²) < 4.78 is 0. The number of aromatic nitrogens is 1. The second kappa shape index (κ2) is 6.92. The number of fused-ring (bicyclic) bond motifs is 1. The summed E-state index contributed by atoms with van der Waals surface area (Å²) in [5.74, 6) is 0. The zero-order chi connectivity index (χ0) is 15.5. The molecule has 0 spiro atoms. The molecule has 2 heterocycles. The molecule has 0 amide bonds. The number of halogens is 1. The third-order valence-electron chi connectivity index (χ3n) is 4.19. The van der Waals surface area contributed by atoms with E-state index in [2.05, 4.69) is 20.9 Å². The van der Waals surface area contributed by atoms with Crippen molar-refractivity contribution in [2.75, 3.05) is 32.7 Å². The Morgan fingerprint density at radius 1 is 1.18 bits per heavy atom. The SMILES string of the molecule is C[C@H](O)CN1CCN(Cc2c(Cl)ccc3cccnc23)CC1. The molecule has 3 rings (SSSR count). The Balaban J connectivity index is 1.71. The minimum atomic E-state index is -0.261. The predicted molar refractivity (Wildman–Crippen MR) is 90.2 cm³/mol. The molecule has 1 atom stereocenters. The van der Waals surface area contributed by atoms with Crippen molar-refractivity contribution in [1.82, 2.24) is 14.8 Å². The van der Waals surface area contributed by atoms with E-state index in [-0.39, 0.29) is 6.10 Å². The Morgan fingerprint density at radius 3 is 2.64 bits per heavy atom. The Morgan fingerprint density at radius 2 is 1.91 bits per heavy atom. The number of rotatable bonds is 4. The van der Waals surface area contributed by atoms with Gasteiger partial charge in [-0.2, -0.15) is 0 Å². The summed E-state index contributed by atoms with van der Waals surface area (Å²) in [5, 5.41) is 11.4. The van der Waals surface area contributed by atoms with Gasteiger partial charge in [-0.15, -0.1) is 0 Å². The molecule has 5 heteroatoms. The number of β-amino-alcohol motifs (C(OH)–C–C–N with tert-alkyl or cyclic N) is 1. The van der Waals surface area contributed by atoms with Crippen LogP contribution in [0.1, 0.15) is 12.5 Å². The lowest BCUT2D eigenvalue weighted by atomic mass is 10.1. The van der Waals surface area contributed by atoms with Crippen molar-refractivity contribution >= 4 is 22.5 Å². The number of pyridine rings is 1. The van der Waals surface area contributed by atoms with Crippen LogP contribution in [0.15, 0.2) is 30.5 Å². The summed E-state index contributed by atoms with van der Waals surface area (Å²) in [6.07, 6.45) is 1.56. The minimum Gasteiger partial charge on any atom is -0.392 e. The number of aliphatic hydroxyl groups is 1. The van der Waals surface area contributed by atoms with Gasteiger partial charge in [0.15, 0.2) is 0 Å². The van der Waals surface area contributed by atoms with Gasteiger partial charge in [0.25, 0.3) is 0 Å². The maximum absolute atomic E-state index is 9.48. The van der Waals surface area contributed by atoms with Gasteiger partial charge in [0.1, 0.15) is 0 Å². The maximum Gasteiger partial charge on any atom is 0.0761 e. The largest absolute Gasteiger partial charge is 0.392 e.